The fourth-order valence-electron chi connectivity index (χ4n) is 2.05. The minimum atomic E-state index is -1.08. The first-order chi connectivity index (χ1) is 9.40. The van der Waals surface area contributed by atoms with Crippen LogP contribution in [0.2, 0.25) is 0 Å². The molecular weight excluding hydrogens is 260 g/mol. The fourth-order valence-corrected chi connectivity index (χ4v) is 2.05. The first-order valence-corrected chi connectivity index (χ1v) is 6.44. The van der Waals surface area contributed by atoms with Gasteiger partial charge >= 0.3 is 5.97 Å². The lowest BCUT2D eigenvalue weighted by atomic mass is 9.89. The summed E-state index contributed by atoms with van der Waals surface area (Å²) in [6, 6.07) is 3.44. The van der Waals surface area contributed by atoms with Crippen molar-refractivity contribution in [3.63, 3.8) is 0 Å². The number of rotatable bonds is 7. The summed E-state index contributed by atoms with van der Waals surface area (Å²) < 4.78 is 0. The molecule has 0 aliphatic carbocycles. The van der Waals surface area contributed by atoms with Gasteiger partial charge in [0.15, 0.2) is 5.78 Å². The minimum Gasteiger partial charge on any atom is -0.508 e. The Bertz CT molecular complexity index is 502. The predicted molar refractivity (Wildman–Crippen MR) is 74.6 cm³/mol. The Hall–Kier alpha value is -1.92. The minimum absolute atomic E-state index is 0.0228. The van der Waals surface area contributed by atoms with Crippen LogP contribution in [0.25, 0.3) is 0 Å². The van der Waals surface area contributed by atoms with Crippen molar-refractivity contribution in [1.82, 2.24) is 0 Å². The van der Waals surface area contributed by atoms with Gasteiger partial charge in [0.1, 0.15) is 11.8 Å². The maximum atomic E-state index is 11.5. The molecule has 0 saturated heterocycles. The van der Waals surface area contributed by atoms with Crippen molar-refractivity contribution < 1.29 is 19.8 Å². The molecule has 0 spiro atoms. The highest BCUT2D eigenvalue weighted by atomic mass is 16.4. The predicted octanol–water partition coefficient (Wildman–Crippen LogP) is 0.514. The van der Waals surface area contributed by atoms with Crippen molar-refractivity contribution in [3.8, 4) is 5.75 Å². The number of benzene rings is 1. The van der Waals surface area contributed by atoms with Crippen molar-refractivity contribution in [1.29, 1.82) is 0 Å². The van der Waals surface area contributed by atoms with E-state index in [1.807, 2.05) is 6.92 Å². The number of phenolic OH excluding ortho intramolecular Hbond substituents is 1. The molecule has 0 aliphatic rings. The van der Waals surface area contributed by atoms with E-state index in [0.29, 0.717) is 24.0 Å². The van der Waals surface area contributed by atoms with E-state index in [2.05, 4.69) is 0 Å². The number of carboxylic acids is 1. The van der Waals surface area contributed by atoms with Gasteiger partial charge in [0.25, 0.3) is 0 Å². The number of Topliss-reactive ketones (excluding diaryl/α,β-unsaturated/α-hetero) is 1. The molecule has 6 heteroatoms. The summed E-state index contributed by atoms with van der Waals surface area (Å²) in [5, 5.41) is 18.8. The van der Waals surface area contributed by atoms with Gasteiger partial charge in [-0.15, -0.1) is 0 Å². The fraction of sp³-hybridized carbons (Fsp3) is 0.429. The second kappa shape index (κ2) is 7.02. The monoisotopic (exact) mass is 280 g/mol. The van der Waals surface area contributed by atoms with E-state index in [1.54, 1.807) is 6.07 Å². The summed E-state index contributed by atoms with van der Waals surface area (Å²) in [6.45, 7) is 1.72. The summed E-state index contributed by atoms with van der Waals surface area (Å²) in [6.07, 6.45) is 0.851. The van der Waals surface area contributed by atoms with Gasteiger partial charge in [0, 0.05) is 5.56 Å². The molecular formula is C14H20N2O4. The van der Waals surface area contributed by atoms with Gasteiger partial charge in [0.2, 0.25) is 0 Å². The molecule has 0 amide bonds. The number of hydrogen-bond acceptors (Lipinski definition) is 5. The van der Waals surface area contributed by atoms with E-state index in [1.165, 1.54) is 12.1 Å². The van der Waals surface area contributed by atoms with Crippen molar-refractivity contribution in [2.24, 2.45) is 17.4 Å². The number of phenols is 1. The van der Waals surface area contributed by atoms with E-state index < -0.39 is 12.0 Å². The van der Waals surface area contributed by atoms with Gasteiger partial charge in [-0.05, 0) is 36.1 Å². The molecule has 6 nitrogen and oxygen atoms in total. The van der Waals surface area contributed by atoms with E-state index >= 15 is 0 Å². The molecule has 110 valence electrons. The lowest BCUT2D eigenvalue weighted by Gasteiger charge is -2.20. The highest BCUT2D eigenvalue weighted by Crippen LogP contribution is 2.24. The zero-order valence-electron chi connectivity index (χ0n) is 11.4. The summed E-state index contributed by atoms with van der Waals surface area (Å²) in [4.78, 5) is 22.5. The van der Waals surface area contributed by atoms with Crippen molar-refractivity contribution in [2.45, 2.75) is 25.8 Å². The molecule has 0 aliphatic heterocycles. The Labute approximate surface area is 117 Å². The molecule has 20 heavy (non-hydrogen) atoms. The first-order valence-electron chi connectivity index (χ1n) is 6.44. The summed E-state index contributed by atoms with van der Waals surface area (Å²) in [5.41, 5.74) is 11.8. The Morgan fingerprint density at radius 3 is 2.50 bits per heavy atom. The van der Waals surface area contributed by atoms with Crippen molar-refractivity contribution in [2.75, 3.05) is 6.54 Å². The van der Waals surface area contributed by atoms with Gasteiger partial charge in [0.05, 0.1) is 6.54 Å². The normalized spacial score (nSPS) is 13.8. The topological polar surface area (TPSA) is 127 Å². The second-order valence-electron chi connectivity index (χ2n) is 4.71. The van der Waals surface area contributed by atoms with Crippen LogP contribution in [0, 0.1) is 5.92 Å². The molecule has 1 aromatic rings. The van der Waals surface area contributed by atoms with Crippen molar-refractivity contribution >= 4 is 11.8 Å². The number of carbonyl (C=O) groups excluding carboxylic acids is 1. The maximum Gasteiger partial charge on any atom is 0.320 e. The number of ketones is 1. The molecule has 6 N–H and O–H groups in total. The van der Waals surface area contributed by atoms with Gasteiger partial charge in [-0.2, -0.15) is 0 Å². The molecule has 0 aromatic heterocycles. The Kier molecular flexibility index (Phi) is 5.66. The third-order valence-corrected chi connectivity index (χ3v) is 3.39. The summed E-state index contributed by atoms with van der Waals surface area (Å²) in [7, 11) is 0. The molecule has 0 fully saturated rings. The van der Waals surface area contributed by atoms with E-state index in [4.69, 9.17) is 16.6 Å². The lowest BCUT2D eigenvalue weighted by molar-refractivity contribution is -0.139. The van der Waals surface area contributed by atoms with Crippen LogP contribution in [-0.2, 0) is 11.2 Å². The van der Waals surface area contributed by atoms with Crippen LogP contribution in [0.4, 0.5) is 0 Å². The maximum absolute atomic E-state index is 11.5. The average Bonchev–Trinajstić information content (AvgIpc) is 2.44. The number of aliphatic carboxylic acids is 1. The van der Waals surface area contributed by atoms with Crippen LogP contribution < -0.4 is 11.5 Å². The number of nitrogens with two attached hydrogens (primary N) is 2. The average molecular weight is 280 g/mol. The third-order valence-electron chi connectivity index (χ3n) is 3.39. The highest BCUT2D eigenvalue weighted by molar-refractivity contribution is 5.97. The van der Waals surface area contributed by atoms with Crippen molar-refractivity contribution in [3.05, 3.63) is 29.3 Å². The van der Waals surface area contributed by atoms with Crippen LogP contribution in [-0.4, -0.2) is 34.6 Å². The zero-order valence-corrected chi connectivity index (χ0v) is 11.4. The molecule has 0 heterocycles. The van der Waals surface area contributed by atoms with E-state index in [9.17, 15) is 14.7 Å². The molecule has 1 aromatic carbocycles. The van der Waals surface area contributed by atoms with Crippen LogP contribution in [0.15, 0.2) is 18.2 Å². The standard InChI is InChI=1S/C14H20N2O4/c1-2-8(13(16)14(19)20)5-10-6-9(12(18)7-15)3-4-11(10)17/h3-4,6,8,13,17H,2,5,7,15-16H2,1H3,(H,19,20). The number of aromatic hydroxyl groups is 1. The Morgan fingerprint density at radius 2 is 2.00 bits per heavy atom. The number of hydrogen-bond donors (Lipinski definition) is 4. The van der Waals surface area contributed by atoms with Crippen LogP contribution in [0.5, 0.6) is 5.75 Å². The van der Waals surface area contributed by atoms with Crippen LogP contribution >= 0.6 is 0 Å². The number of carbonyl (C=O) groups is 2. The largest absolute Gasteiger partial charge is 0.508 e. The summed E-state index contributed by atoms with van der Waals surface area (Å²) in [5.74, 6) is -1.61. The lowest BCUT2D eigenvalue weighted by Crippen LogP contribution is -2.38. The smallest absolute Gasteiger partial charge is 0.320 e. The van der Waals surface area contributed by atoms with Gasteiger partial charge in [-0.3, -0.25) is 9.59 Å². The summed E-state index contributed by atoms with van der Waals surface area (Å²) >= 11 is 0. The quantitative estimate of drug-likeness (QED) is 0.539. The first kappa shape index (κ1) is 16.1. The molecule has 1 rings (SSSR count). The molecule has 0 bridgehead atoms. The Morgan fingerprint density at radius 1 is 1.35 bits per heavy atom. The van der Waals surface area contributed by atoms with Gasteiger partial charge < -0.3 is 21.7 Å². The van der Waals surface area contributed by atoms with Crippen LogP contribution in [0.3, 0.4) is 0 Å². The second-order valence-corrected chi connectivity index (χ2v) is 4.71. The van der Waals surface area contributed by atoms with Gasteiger partial charge in [-0.1, -0.05) is 13.3 Å². The van der Waals surface area contributed by atoms with Crippen LogP contribution in [0.1, 0.15) is 29.3 Å². The Balaban J connectivity index is 3.00. The van der Waals surface area contributed by atoms with Gasteiger partial charge in [-0.25, -0.2) is 0 Å². The highest BCUT2D eigenvalue weighted by Gasteiger charge is 2.24. The number of carboxylic acid groups (broad SMARTS) is 1. The zero-order chi connectivity index (χ0) is 15.3. The van der Waals surface area contributed by atoms with E-state index in [0.717, 1.165) is 0 Å². The molecule has 0 saturated carbocycles. The molecule has 2 atom stereocenters. The van der Waals surface area contributed by atoms with E-state index in [-0.39, 0.29) is 24.0 Å². The molecule has 2 unspecified atom stereocenters. The third kappa shape index (κ3) is 3.79. The SMILES string of the molecule is CCC(Cc1cc(C(=O)CN)ccc1O)C(N)C(=O)O. The molecule has 0 radical (unpaired) electrons.